The maximum absolute atomic E-state index is 13.6. The quantitative estimate of drug-likeness (QED) is 0.365. The number of benzene rings is 1. The molecule has 3 heterocycles. The van der Waals surface area contributed by atoms with Crippen molar-refractivity contribution in [3.8, 4) is 0 Å². The fourth-order valence-electron chi connectivity index (χ4n) is 6.15. The molecule has 0 bridgehead atoms. The van der Waals surface area contributed by atoms with E-state index in [2.05, 4.69) is 34.6 Å². The van der Waals surface area contributed by atoms with E-state index in [-0.39, 0.29) is 29.7 Å². The van der Waals surface area contributed by atoms with Crippen molar-refractivity contribution in [3.63, 3.8) is 0 Å². The molecule has 40 heavy (non-hydrogen) atoms. The number of aromatic nitrogens is 1. The molecule has 5 rings (SSSR count). The average molecular weight is 558 g/mol. The number of carbonyl (C=O) groups is 2. The monoisotopic (exact) mass is 557 g/mol. The number of pyridine rings is 1. The summed E-state index contributed by atoms with van der Waals surface area (Å²) in [4.78, 5) is 24.4. The van der Waals surface area contributed by atoms with E-state index in [1.165, 1.54) is 17.3 Å². The molecule has 10 heteroatoms. The third kappa shape index (κ3) is 7.84. The summed E-state index contributed by atoms with van der Waals surface area (Å²) < 4.78 is 25.5. The number of hydrogen-bond donors (Lipinski definition) is 4. The van der Waals surface area contributed by atoms with Crippen molar-refractivity contribution in [2.75, 3.05) is 26.4 Å². The Balaban J connectivity index is 0.000000318. The second kappa shape index (κ2) is 13.6. The van der Waals surface area contributed by atoms with Crippen LogP contribution in [0.15, 0.2) is 42.6 Å². The maximum Gasteiger partial charge on any atom is 0.320 e. The molecular weight excluding hydrogens is 517 g/mol. The second-order valence-corrected chi connectivity index (χ2v) is 11.2. The van der Waals surface area contributed by atoms with Crippen LogP contribution in [0.25, 0.3) is 0 Å². The number of nitrogens with one attached hydrogen (secondary N) is 1. The third-order valence-electron chi connectivity index (χ3n) is 8.40. The standard InChI is InChI=1S/C25H31FN2O2.C5H9NO4/c26-21-5-6-23(28-17-21)24(8-14-30-25(18-24)9-12-29-13-10-25)7-11-27-22-15-19-3-1-2-4-20(19)16-22;6-3(5(9)10)1-2-4(7)8/h1-6,17,22,27H,7-16,18H2;3H,1-2,6H2,(H,7,8)(H,9,10)/t24-;3-/m10/s1. The van der Waals surface area contributed by atoms with Crippen LogP contribution in [0.4, 0.5) is 4.39 Å². The summed E-state index contributed by atoms with van der Waals surface area (Å²) >= 11 is 0. The van der Waals surface area contributed by atoms with Crippen molar-refractivity contribution in [3.05, 3.63) is 65.2 Å². The van der Waals surface area contributed by atoms with E-state index >= 15 is 0 Å². The first kappa shape index (κ1) is 30.0. The van der Waals surface area contributed by atoms with Crippen molar-refractivity contribution in [1.29, 1.82) is 0 Å². The van der Waals surface area contributed by atoms with Crippen molar-refractivity contribution in [2.45, 2.75) is 80.9 Å². The summed E-state index contributed by atoms with van der Waals surface area (Å²) in [6.07, 6.45) is 8.07. The Hall–Kier alpha value is -2.92. The summed E-state index contributed by atoms with van der Waals surface area (Å²) in [6, 6.07) is 11.6. The Morgan fingerprint density at radius 1 is 1.07 bits per heavy atom. The molecule has 0 amide bonds. The number of rotatable bonds is 9. The van der Waals surface area contributed by atoms with Crippen molar-refractivity contribution < 1.29 is 33.7 Å². The van der Waals surface area contributed by atoms with Crippen LogP contribution >= 0.6 is 0 Å². The molecule has 1 spiro atoms. The molecule has 2 aliphatic heterocycles. The highest BCUT2D eigenvalue weighted by molar-refractivity contribution is 5.74. The molecule has 2 saturated heterocycles. The van der Waals surface area contributed by atoms with E-state index in [1.807, 2.05) is 6.07 Å². The van der Waals surface area contributed by atoms with Crippen LogP contribution in [-0.4, -0.2) is 71.2 Å². The molecule has 0 radical (unpaired) electrons. The second-order valence-electron chi connectivity index (χ2n) is 11.2. The predicted molar refractivity (Wildman–Crippen MR) is 147 cm³/mol. The SMILES string of the molecule is Fc1ccc([C@]2(CCNC3Cc4ccccc4C3)CCOC3(CCOCC3)C2)nc1.N[C@@H](CCC(=O)O)C(=O)O. The largest absolute Gasteiger partial charge is 0.481 e. The normalized spacial score (nSPS) is 22.6. The van der Waals surface area contributed by atoms with Crippen molar-refractivity contribution in [2.24, 2.45) is 5.73 Å². The number of ether oxygens (including phenoxy) is 2. The van der Waals surface area contributed by atoms with Crippen LogP contribution in [0.1, 0.15) is 61.8 Å². The number of hydrogen-bond acceptors (Lipinski definition) is 7. The van der Waals surface area contributed by atoms with E-state index in [0.717, 1.165) is 77.0 Å². The Bertz CT molecular complexity index is 1110. The Labute approximate surface area is 234 Å². The molecule has 9 nitrogen and oxygen atoms in total. The summed E-state index contributed by atoms with van der Waals surface area (Å²) in [5, 5.41) is 20.1. The molecule has 5 N–H and O–H groups in total. The van der Waals surface area contributed by atoms with Gasteiger partial charge >= 0.3 is 11.9 Å². The molecule has 3 aliphatic rings. The molecule has 2 fully saturated rings. The van der Waals surface area contributed by atoms with Gasteiger partial charge in [0.15, 0.2) is 0 Å². The van der Waals surface area contributed by atoms with Gasteiger partial charge in [-0.05, 0) is 81.2 Å². The van der Waals surface area contributed by atoms with Crippen LogP contribution in [-0.2, 0) is 37.3 Å². The fourth-order valence-corrected chi connectivity index (χ4v) is 6.15. The van der Waals surface area contributed by atoms with Crippen LogP contribution < -0.4 is 11.1 Å². The minimum atomic E-state index is -1.17. The third-order valence-corrected chi connectivity index (χ3v) is 8.40. The lowest BCUT2D eigenvalue weighted by molar-refractivity contribution is -0.154. The number of fused-ring (bicyclic) bond motifs is 1. The van der Waals surface area contributed by atoms with Crippen molar-refractivity contribution >= 4 is 11.9 Å². The number of carboxylic acid groups (broad SMARTS) is 2. The zero-order chi connectivity index (χ0) is 28.6. The maximum atomic E-state index is 13.6. The van der Waals surface area contributed by atoms with Gasteiger partial charge in [0.2, 0.25) is 0 Å². The molecule has 1 aromatic heterocycles. The predicted octanol–water partition coefficient (Wildman–Crippen LogP) is 3.23. The highest BCUT2D eigenvalue weighted by Gasteiger charge is 2.48. The van der Waals surface area contributed by atoms with Gasteiger partial charge in [0, 0.05) is 43.4 Å². The first-order chi connectivity index (χ1) is 19.2. The topological polar surface area (TPSA) is 144 Å². The van der Waals surface area contributed by atoms with Gasteiger partial charge in [-0.1, -0.05) is 24.3 Å². The highest BCUT2D eigenvalue weighted by Crippen LogP contribution is 2.47. The minimum Gasteiger partial charge on any atom is -0.481 e. The number of aliphatic carboxylic acids is 2. The molecule has 2 atom stereocenters. The number of nitrogens with zero attached hydrogens (tertiary/aromatic N) is 1. The smallest absolute Gasteiger partial charge is 0.320 e. The van der Waals surface area contributed by atoms with Gasteiger partial charge in [-0.2, -0.15) is 0 Å². The highest BCUT2D eigenvalue weighted by atomic mass is 19.1. The van der Waals surface area contributed by atoms with E-state index in [9.17, 15) is 14.0 Å². The lowest BCUT2D eigenvalue weighted by atomic mass is 9.66. The van der Waals surface area contributed by atoms with E-state index in [1.54, 1.807) is 6.07 Å². The van der Waals surface area contributed by atoms with Gasteiger partial charge in [0.25, 0.3) is 0 Å². The van der Waals surface area contributed by atoms with E-state index in [4.69, 9.17) is 25.4 Å². The molecular formula is C30H40FN3O6. The molecule has 2 aromatic rings. The summed E-state index contributed by atoms with van der Waals surface area (Å²) in [5.41, 5.74) is 8.74. The molecule has 1 aliphatic carbocycles. The van der Waals surface area contributed by atoms with Crippen molar-refractivity contribution in [1.82, 2.24) is 10.3 Å². The fraction of sp³-hybridized carbons (Fsp3) is 0.567. The lowest BCUT2D eigenvalue weighted by Crippen LogP contribution is -2.51. The number of nitrogens with two attached hydrogens (primary N) is 1. The zero-order valence-electron chi connectivity index (χ0n) is 22.8. The van der Waals surface area contributed by atoms with Gasteiger partial charge in [-0.25, -0.2) is 4.39 Å². The molecule has 1 aromatic carbocycles. The van der Waals surface area contributed by atoms with Crippen LogP contribution in [0, 0.1) is 5.82 Å². The van der Waals surface area contributed by atoms with E-state index in [0.29, 0.717) is 6.04 Å². The summed E-state index contributed by atoms with van der Waals surface area (Å²) in [7, 11) is 0. The van der Waals surface area contributed by atoms with Gasteiger partial charge < -0.3 is 30.7 Å². The molecule has 218 valence electrons. The molecule has 0 saturated carbocycles. The van der Waals surface area contributed by atoms with Gasteiger partial charge in [0.05, 0.1) is 11.8 Å². The number of carboxylic acids is 2. The average Bonchev–Trinajstić information content (AvgIpc) is 3.35. The Morgan fingerprint density at radius 3 is 2.38 bits per heavy atom. The van der Waals surface area contributed by atoms with Crippen LogP contribution in [0.5, 0.6) is 0 Å². The van der Waals surface area contributed by atoms with E-state index < -0.39 is 18.0 Å². The molecule has 0 unspecified atom stereocenters. The number of halogens is 1. The first-order valence-electron chi connectivity index (χ1n) is 14.0. The van der Waals surface area contributed by atoms with Crippen LogP contribution in [0.2, 0.25) is 0 Å². The summed E-state index contributed by atoms with van der Waals surface area (Å²) in [6.45, 7) is 3.18. The Morgan fingerprint density at radius 2 is 1.77 bits per heavy atom. The van der Waals surface area contributed by atoms with Gasteiger partial charge in [-0.15, -0.1) is 0 Å². The lowest BCUT2D eigenvalue weighted by Gasteiger charge is -2.49. The van der Waals surface area contributed by atoms with Gasteiger partial charge in [0.1, 0.15) is 11.9 Å². The van der Waals surface area contributed by atoms with Gasteiger partial charge in [-0.3, -0.25) is 14.6 Å². The Kier molecular flexibility index (Phi) is 10.2. The minimum absolute atomic E-state index is 0.0231. The zero-order valence-corrected chi connectivity index (χ0v) is 22.8. The van der Waals surface area contributed by atoms with Crippen LogP contribution in [0.3, 0.4) is 0 Å². The first-order valence-corrected chi connectivity index (χ1v) is 14.0. The summed E-state index contributed by atoms with van der Waals surface area (Å²) in [5.74, 6) is -2.47.